The second kappa shape index (κ2) is 14.8. The number of likely N-dealkylation sites (tertiary alicyclic amines) is 1. The fourth-order valence-corrected chi connectivity index (χ4v) is 6.26. The molecule has 11 heteroatoms. The molecule has 5 aromatic rings. The summed E-state index contributed by atoms with van der Waals surface area (Å²) in [5, 5.41) is 0.434. The summed E-state index contributed by atoms with van der Waals surface area (Å²) in [6, 6.07) is 24.7. The molecule has 6 rings (SSSR count). The van der Waals surface area contributed by atoms with E-state index in [2.05, 4.69) is 30.8 Å². The summed E-state index contributed by atoms with van der Waals surface area (Å²) in [5.74, 6) is 1.41. The molecule has 1 aliphatic heterocycles. The zero-order chi connectivity index (χ0) is 32.8. The number of nitrogens with zero attached hydrogens (tertiary/aromatic N) is 5. The SMILES string of the molecule is COc1ccc(COc2cccc(-n3cnc4ncc(Br)c(CN(C)C[C@@H]5CCCN5C(=O)OCc5ccccc5)c4c3=O)c2)cc1. The van der Waals surface area contributed by atoms with Crippen LogP contribution in [0.1, 0.15) is 29.5 Å². The number of hydrogen-bond donors (Lipinski definition) is 0. The molecule has 10 nitrogen and oxygen atoms in total. The molecule has 3 aromatic carbocycles. The van der Waals surface area contributed by atoms with E-state index >= 15 is 0 Å². The number of ether oxygens (including phenoxy) is 3. The highest BCUT2D eigenvalue weighted by Crippen LogP contribution is 2.26. The van der Waals surface area contributed by atoms with Gasteiger partial charge in [0.2, 0.25) is 0 Å². The molecule has 1 amide bonds. The van der Waals surface area contributed by atoms with E-state index in [0.717, 1.165) is 39.8 Å². The molecule has 0 spiro atoms. The molecule has 1 atom stereocenters. The van der Waals surface area contributed by atoms with Gasteiger partial charge in [-0.15, -0.1) is 0 Å². The van der Waals surface area contributed by atoms with Crippen LogP contribution in [0.4, 0.5) is 4.79 Å². The van der Waals surface area contributed by atoms with Crippen LogP contribution in [-0.2, 0) is 24.5 Å². The molecule has 3 heterocycles. The van der Waals surface area contributed by atoms with Gasteiger partial charge in [0.25, 0.3) is 5.56 Å². The summed E-state index contributed by atoms with van der Waals surface area (Å²) in [4.78, 5) is 39.9. The van der Waals surface area contributed by atoms with Crippen molar-refractivity contribution in [2.45, 2.75) is 38.6 Å². The maximum Gasteiger partial charge on any atom is 0.410 e. The molecule has 0 bridgehead atoms. The van der Waals surface area contributed by atoms with Gasteiger partial charge in [-0.25, -0.2) is 14.8 Å². The maximum absolute atomic E-state index is 14.0. The normalized spacial score (nSPS) is 14.5. The molecular weight excluding hydrogens is 662 g/mol. The maximum atomic E-state index is 14.0. The number of hydrogen-bond acceptors (Lipinski definition) is 8. The van der Waals surface area contributed by atoms with E-state index in [1.54, 1.807) is 13.3 Å². The predicted molar refractivity (Wildman–Crippen MR) is 183 cm³/mol. The molecule has 2 aromatic heterocycles. The summed E-state index contributed by atoms with van der Waals surface area (Å²) < 4.78 is 19.1. The fraction of sp³-hybridized carbons (Fsp3) is 0.278. The number of carbonyl (C=O) groups is 1. The molecule has 0 aliphatic carbocycles. The first-order chi connectivity index (χ1) is 22.9. The Morgan fingerprint density at radius 3 is 2.55 bits per heavy atom. The zero-order valence-electron chi connectivity index (χ0n) is 26.3. The number of benzene rings is 3. The molecule has 0 unspecified atom stereocenters. The molecule has 0 N–H and O–H groups in total. The molecule has 242 valence electrons. The van der Waals surface area contributed by atoms with Gasteiger partial charge >= 0.3 is 6.09 Å². The Balaban J connectivity index is 1.17. The lowest BCUT2D eigenvalue weighted by molar-refractivity contribution is 0.0856. The Bertz CT molecular complexity index is 1900. The van der Waals surface area contributed by atoms with Crippen LogP contribution in [0, 0.1) is 0 Å². The van der Waals surface area contributed by atoms with E-state index in [1.807, 2.05) is 90.8 Å². The number of methoxy groups -OCH3 is 1. The molecule has 0 radical (unpaired) electrons. The van der Waals surface area contributed by atoms with Gasteiger partial charge < -0.3 is 19.1 Å². The lowest BCUT2D eigenvalue weighted by Crippen LogP contribution is -2.42. The Hall–Kier alpha value is -4.74. The highest BCUT2D eigenvalue weighted by Gasteiger charge is 2.31. The fourth-order valence-electron chi connectivity index (χ4n) is 5.83. The van der Waals surface area contributed by atoms with Crippen LogP contribution < -0.4 is 15.0 Å². The third-order valence-electron chi connectivity index (χ3n) is 8.27. The number of aromatic nitrogens is 3. The van der Waals surface area contributed by atoms with Crippen molar-refractivity contribution in [2.24, 2.45) is 0 Å². The first-order valence-corrected chi connectivity index (χ1v) is 16.3. The van der Waals surface area contributed by atoms with Crippen molar-refractivity contribution in [2.75, 3.05) is 27.2 Å². The second-order valence-electron chi connectivity index (χ2n) is 11.6. The predicted octanol–water partition coefficient (Wildman–Crippen LogP) is 6.36. The van der Waals surface area contributed by atoms with E-state index in [-0.39, 0.29) is 24.3 Å². The minimum absolute atomic E-state index is 0.00517. The molecule has 1 aliphatic rings. The number of likely N-dealkylation sites (N-methyl/N-ethyl adjacent to an activating group) is 1. The first-order valence-electron chi connectivity index (χ1n) is 15.5. The summed E-state index contributed by atoms with van der Waals surface area (Å²) in [6.07, 6.45) is 4.67. The van der Waals surface area contributed by atoms with Crippen molar-refractivity contribution >= 4 is 33.1 Å². The molecular formula is C36H36BrN5O5. The van der Waals surface area contributed by atoms with Gasteiger partial charge in [-0.1, -0.05) is 48.5 Å². The highest BCUT2D eigenvalue weighted by atomic mass is 79.9. The first kappa shape index (κ1) is 32.2. The second-order valence-corrected chi connectivity index (χ2v) is 12.4. The van der Waals surface area contributed by atoms with Gasteiger partial charge in [-0.05, 0) is 76.8 Å². The summed E-state index contributed by atoms with van der Waals surface area (Å²) in [6.45, 7) is 2.35. The van der Waals surface area contributed by atoms with Gasteiger partial charge in [-0.3, -0.25) is 14.3 Å². The van der Waals surface area contributed by atoms with Crippen LogP contribution >= 0.6 is 15.9 Å². The quantitative estimate of drug-likeness (QED) is 0.157. The van der Waals surface area contributed by atoms with Crippen molar-refractivity contribution in [1.29, 1.82) is 0 Å². The lowest BCUT2D eigenvalue weighted by atomic mass is 10.1. The van der Waals surface area contributed by atoms with Gasteiger partial charge in [-0.2, -0.15) is 0 Å². The number of rotatable bonds is 11. The Morgan fingerprint density at radius 1 is 0.979 bits per heavy atom. The Labute approximate surface area is 281 Å². The Kier molecular flexibility index (Phi) is 10.1. The monoisotopic (exact) mass is 697 g/mol. The summed E-state index contributed by atoms with van der Waals surface area (Å²) in [7, 11) is 3.62. The van der Waals surface area contributed by atoms with E-state index in [4.69, 9.17) is 14.2 Å². The number of fused-ring (bicyclic) bond motifs is 1. The van der Waals surface area contributed by atoms with Gasteiger partial charge in [0.05, 0.1) is 18.2 Å². The minimum Gasteiger partial charge on any atom is -0.497 e. The van der Waals surface area contributed by atoms with Crippen molar-refractivity contribution in [1.82, 2.24) is 24.3 Å². The number of halogens is 1. The van der Waals surface area contributed by atoms with E-state index < -0.39 is 0 Å². The smallest absolute Gasteiger partial charge is 0.410 e. The number of amides is 1. The third kappa shape index (κ3) is 7.64. The van der Waals surface area contributed by atoms with Crippen LogP contribution in [0.15, 0.2) is 101 Å². The summed E-state index contributed by atoms with van der Waals surface area (Å²) >= 11 is 3.64. The van der Waals surface area contributed by atoms with Crippen LogP contribution in [-0.4, -0.2) is 63.7 Å². The lowest BCUT2D eigenvalue weighted by Gasteiger charge is -2.28. The van der Waals surface area contributed by atoms with Crippen LogP contribution in [0.3, 0.4) is 0 Å². The van der Waals surface area contributed by atoms with Gasteiger partial charge in [0.15, 0.2) is 5.65 Å². The van der Waals surface area contributed by atoms with Gasteiger partial charge in [0.1, 0.15) is 31.0 Å². The molecule has 47 heavy (non-hydrogen) atoms. The summed E-state index contributed by atoms with van der Waals surface area (Å²) in [5.41, 5.74) is 3.51. The minimum atomic E-state index is -0.303. The zero-order valence-corrected chi connectivity index (χ0v) is 27.9. The van der Waals surface area contributed by atoms with Crippen LogP contribution in [0.25, 0.3) is 16.7 Å². The molecule has 0 saturated carbocycles. The van der Waals surface area contributed by atoms with E-state index in [0.29, 0.717) is 48.7 Å². The topological polar surface area (TPSA) is 99.0 Å². The van der Waals surface area contributed by atoms with Crippen LogP contribution in [0.5, 0.6) is 11.5 Å². The average Bonchev–Trinajstić information content (AvgIpc) is 3.56. The van der Waals surface area contributed by atoms with Crippen LogP contribution in [0.2, 0.25) is 0 Å². The Morgan fingerprint density at radius 2 is 1.77 bits per heavy atom. The van der Waals surface area contributed by atoms with Crippen molar-refractivity contribution in [3.63, 3.8) is 0 Å². The standard InChI is InChI=1S/C36H36BrN5O5/c1-40(20-28-11-7-17-41(28)36(44)47-23-25-8-4-3-5-9-25)21-31-32(37)19-38-34-33(31)35(43)42(24-39-34)27-10-6-12-30(18-27)46-22-26-13-15-29(45-2)16-14-26/h3-6,8-10,12-16,18-19,24,28H,7,11,17,20-23H2,1-2H3/t28-/m0/s1. The molecule has 1 saturated heterocycles. The number of pyridine rings is 1. The van der Waals surface area contributed by atoms with E-state index in [1.165, 1.54) is 10.9 Å². The average molecular weight is 699 g/mol. The van der Waals surface area contributed by atoms with Crippen molar-refractivity contribution < 1.29 is 19.0 Å². The van der Waals surface area contributed by atoms with Crippen molar-refractivity contribution in [3.8, 4) is 17.2 Å². The molecule has 1 fully saturated rings. The number of carbonyl (C=O) groups excluding carboxylic acids is 1. The van der Waals surface area contributed by atoms with Crippen molar-refractivity contribution in [3.05, 3.63) is 123 Å². The largest absolute Gasteiger partial charge is 0.497 e. The van der Waals surface area contributed by atoms with Gasteiger partial charge in [0, 0.05) is 42.4 Å². The highest BCUT2D eigenvalue weighted by molar-refractivity contribution is 9.10. The van der Waals surface area contributed by atoms with E-state index in [9.17, 15) is 9.59 Å². The third-order valence-corrected chi connectivity index (χ3v) is 8.95.